The molecule has 3 heterocycles. The van der Waals surface area contributed by atoms with Crippen molar-refractivity contribution in [2.24, 2.45) is 0 Å². The topological polar surface area (TPSA) is 66.9 Å². The summed E-state index contributed by atoms with van der Waals surface area (Å²) in [4.78, 5) is 20.7. The summed E-state index contributed by atoms with van der Waals surface area (Å²) in [5.74, 6) is 0.0292. The summed E-state index contributed by atoms with van der Waals surface area (Å²) in [6.45, 7) is 1.76. The van der Waals surface area contributed by atoms with Gasteiger partial charge in [0.2, 0.25) is 5.91 Å². The normalized spacial score (nSPS) is 17.8. The summed E-state index contributed by atoms with van der Waals surface area (Å²) >= 11 is 1.52. The maximum atomic E-state index is 11.9. The molecule has 0 spiro atoms. The summed E-state index contributed by atoms with van der Waals surface area (Å²) in [5.41, 5.74) is 1.65. The van der Waals surface area contributed by atoms with Crippen molar-refractivity contribution in [2.45, 2.75) is 25.3 Å². The minimum atomic E-state index is 0.0292. The van der Waals surface area contributed by atoms with Crippen LogP contribution in [0.5, 0.6) is 0 Å². The Morgan fingerprint density at radius 1 is 1.48 bits per heavy atom. The molecule has 1 aliphatic rings. The van der Waals surface area contributed by atoms with E-state index in [-0.39, 0.29) is 5.91 Å². The summed E-state index contributed by atoms with van der Waals surface area (Å²) in [6.07, 6.45) is 4.41. The summed E-state index contributed by atoms with van der Waals surface area (Å²) in [5, 5.41) is 9.12. The second-order valence-electron chi connectivity index (χ2n) is 5.13. The van der Waals surface area contributed by atoms with Gasteiger partial charge in [0.25, 0.3) is 0 Å². The number of rotatable bonds is 5. The highest BCUT2D eigenvalue weighted by molar-refractivity contribution is 7.13. The molecule has 0 aromatic carbocycles. The second-order valence-corrected chi connectivity index (χ2v) is 5.99. The van der Waals surface area contributed by atoms with Crippen molar-refractivity contribution in [1.82, 2.24) is 20.6 Å². The van der Waals surface area contributed by atoms with E-state index in [9.17, 15) is 4.79 Å². The lowest BCUT2D eigenvalue weighted by Gasteiger charge is -2.10. The summed E-state index contributed by atoms with van der Waals surface area (Å²) in [7, 11) is 0. The van der Waals surface area contributed by atoms with Crippen molar-refractivity contribution >= 4 is 17.2 Å². The standard InChI is InChI=1S/C15H18N4OS/c20-14(18-9-11-4-3-7-16-11)8-12-10-21-15(19-12)13-5-1-2-6-17-13/h1-2,5-6,10-11,16H,3-4,7-9H2,(H,18,20). The molecule has 5 nitrogen and oxygen atoms in total. The molecule has 1 saturated heterocycles. The molecule has 0 aliphatic carbocycles. The second kappa shape index (κ2) is 6.78. The van der Waals surface area contributed by atoms with E-state index in [0.717, 1.165) is 29.4 Å². The largest absolute Gasteiger partial charge is 0.354 e. The van der Waals surface area contributed by atoms with Crippen molar-refractivity contribution in [1.29, 1.82) is 0 Å². The number of pyridine rings is 1. The summed E-state index contributed by atoms with van der Waals surface area (Å²) in [6, 6.07) is 6.16. The van der Waals surface area contributed by atoms with Gasteiger partial charge >= 0.3 is 0 Å². The third-order valence-corrected chi connectivity index (χ3v) is 4.40. The van der Waals surface area contributed by atoms with Crippen LogP contribution in [0.3, 0.4) is 0 Å². The Balaban J connectivity index is 1.53. The first-order chi connectivity index (χ1) is 10.3. The van der Waals surface area contributed by atoms with Gasteiger partial charge in [0.05, 0.1) is 17.8 Å². The Bertz CT molecular complexity index is 593. The lowest BCUT2D eigenvalue weighted by atomic mass is 10.2. The number of carbonyl (C=O) groups is 1. The molecule has 2 aromatic heterocycles. The van der Waals surface area contributed by atoms with Gasteiger partial charge in [-0.3, -0.25) is 9.78 Å². The Labute approximate surface area is 127 Å². The lowest BCUT2D eigenvalue weighted by Crippen LogP contribution is -2.37. The molecule has 0 bridgehead atoms. The number of aromatic nitrogens is 2. The first kappa shape index (κ1) is 14.2. The number of amides is 1. The highest BCUT2D eigenvalue weighted by Crippen LogP contribution is 2.21. The van der Waals surface area contributed by atoms with Gasteiger partial charge in [-0.05, 0) is 31.5 Å². The van der Waals surface area contributed by atoms with Crippen LogP contribution in [0.2, 0.25) is 0 Å². The van der Waals surface area contributed by atoms with Gasteiger partial charge < -0.3 is 10.6 Å². The molecule has 2 aromatic rings. The van der Waals surface area contributed by atoms with Gasteiger partial charge in [-0.15, -0.1) is 11.3 Å². The van der Waals surface area contributed by atoms with Crippen molar-refractivity contribution in [3.8, 4) is 10.7 Å². The third kappa shape index (κ3) is 3.86. The van der Waals surface area contributed by atoms with Crippen LogP contribution < -0.4 is 10.6 Å². The van der Waals surface area contributed by atoms with Gasteiger partial charge in [-0.1, -0.05) is 6.07 Å². The number of nitrogens with zero attached hydrogens (tertiary/aromatic N) is 2. The van der Waals surface area contributed by atoms with Crippen LogP contribution >= 0.6 is 11.3 Å². The molecule has 2 N–H and O–H groups in total. The quantitative estimate of drug-likeness (QED) is 0.881. The van der Waals surface area contributed by atoms with Gasteiger partial charge in [0.1, 0.15) is 5.01 Å². The molecule has 1 fully saturated rings. The van der Waals surface area contributed by atoms with Crippen LogP contribution in [-0.4, -0.2) is 35.0 Å². The molecule has 1 unspecified atom stereocenters. The van der Waals surface area contributed by atoms with Crippen molar-refractivity contribution < 1.29 is 4.79 Å². The van der Waals surface area contributed by atoms with Crippen LogP contribution in [-0.2, 0) is 11.2 Å². The molecule has 3 rings (SSSR count). The highest BCUT2D eigenvalue weighted by Gasteiger charge is 2.15. The number of carbonyl (C=O) groups excluding carboxylic acids is 1. The Morgan fingerprint density at radius 3 is 3.19 bits per heavy atom. The summed E-state index contributed by atoms with van der Waals surface area (Å²) < 4.78 is 0. The first-order valence-electron chi connectivity index (χ1n) is 7.17. The van der Waals surface area contributed by atoms with E-state index in [4.69, 9.17) is 0 Å². The van der Waals surface area contributed by atoms with E-state index in [0.29, 0.717) is 19.0 Å². The van der Waals surface area contributed by atoms with Crippen LogP contribution in [0.15, 0.2) is 29.8 Å². The fourth-order valence-corrected chi connectivity index (χ4v) is 3.19. The number of nitrogens with one attached hydrogen (secondary N) is 2. The smallest absolute Gasteiger partial charge is 0.226 e. The molecule has 21 heavy (non-hydrogen) atoms. The average Bonchev–Trinajstić information content (AvgIpc) is 3.17. The molecular formula is C15H18N4OS. The van der Waals surface area contributed by atoms with Crippen molar-refractivity contribution in [3.63, 3.8) is 0 Å². The highest BCUT2D eigenvalue weighted by atomic mass is 32.1. The molecule has 0 radical (unpaired) electrons. The molecule has 0 saturated carbocycles. The van der Waals surface area contributed by atoms with E-state index in [1.807, 2.05) is 23.6 Å². The van der Waals surface area contributed by atoms with Gasteiger partial charge in [0.15, 0.2) is 0 Å². The SMILES string of the molecule is O=C(Cc1csc(-c2ccccn2)n1)NCC1CCCN1. The predicted molar refractivity (Wildman–Crippen MR) is 83.1 cm³/mol. The van der Waals surface area contributed by atoms with Gasteiger partial charge in [0, 0.05) is 24.2 Å². The average molecular weight is 302 g/mol. The Morgan fingerprint density at radius 2 is 2.43 bits per heavy atom. The zero-order valence-electron chi connectivity index (χ0n) is 11.7. The zero-order valence-corrected chi connectivity index (χ0v) is 12.5. The maximum absolute atomic E-state index is 11.9. The van der Waals surface area contributed by atoms with Gasteiger partial charge in [-0.25, -0.2) is 4.98 Å². The minimum absolute atomic E-state index is 0.0292. The van der Waals surface area contributed by atoms with E-state index in [1.54, 1.807) is 6.20 Å². The molecule has 6 heteroatoms. The monoisotopic (exact) mass is 302 g/mol. The van der Waals surface area contributed by atoms with Crippen LogP contribution in [0.1, 0.15) is 18.5 Å². The zero-order chi connectivity index (χ0) is 14.5. The van der Waals surface area contributed by atoms with Crippen molar-refractivity contribution in [3.05, 3.63) is 35.5 Å². The Hall–Kier alpha value is -1.79. The van der Waals surface area contributed by atoms with Crippen LogP contribution in [0, 0.1) is 0 Å². The number of thiazole rings is 1. The molecular weight excluding hydrogens is 284 g/mol. The lowest BCUT2D eigenvalue weighted by molar-refractivity contribution is -0.120. The first-order valence-corrected chi connectivity index (χ1v) is 8.05. The Kier molecular flexibility index (Phi) is 4.57. The maximum Gasteiger partial charge on any atom is 0.226 e. The van der Waals surface area contributed by atoms with E-state index < -0.39 is 0 Å². The van der Waals surface area contributed by atoms with Crippen molar-refractivity contribution in [2.75, 3.05) is 13.1 Å². The predicted octanol–water partition coefficient (Wildman–Crippen LogP) is 1.62. The van der Waals surface area contributed by atoms with E-state index in [1.165, 1.54) is 17.8 Å². The third-order valence-electron chi connectivity index (χ3n) is 3.49. The molecule has 1 atom stereocenters. The van der Waals surface area contributed by atoms with Crippen LogP contribution in [0.25, 0.3) is 10.7 Å². The van der Waals surface area contributed by atoms with Crippen LogP contribution in [0.4, 0.5) is 0 Å². The molecule has 110 valence electrons. The van der Waals surface area contributed by atoms with E-state index >= 15 is 0 Å². The number of hydrogen-bond donors (Lipinski definition) is 2. The molecule has 1 amide bonds. The fraction of sp³-hybridized carbons (Fsp3) is 0.400. The fourth-order valence-electron chi connectivity index (χ4n) is 2.39. The molecule has 1 aliphatic heterocycles. The van der Waals surface area contributed by atoms with Gasteiger partial charge in [-0.2, -0.15) is 0 Å². The minimum Gasteiger partial charge on any atom is -0.354 e. The van der Waals surface area contributed by atoms with E-state index in [2.05, 4.69) is 20.6 Å². The number of hydrogen-bond acceptors (Lipinski definition) is 5.